The highest BCUT2D eigenvalue weighted by Crippen LogP contribution is 2.38. The van der Waals surface area contributed by atoms with Gasteiger partial charge in [0.15, 0.2) is 0 Å². The summed E-state index contributed by atoms with van der Waals surface area (Å²) in [6.45, 7) is 3.92. The number of nitrogens with zero attached hydrogens (tertiary/aromatic N) is 3. The zero-order chi connectivity index (χ0) is 20.2. The second-order valence-corrected chi connectivity index (χ2v) is 7.07. The number of carbonyl (C=O) groups is 2. The highest BCUT2D eigenvalue weighted by Gasteiger charge is 2.46. The summed E-state index contributed by atoms with van der Waals surface area (Å²) in [5.41, 5.74) is 1.15. The molecule has 1 aromatic carbocycles. The van der Waals surface area contributed by atoms with Crippen molar-refractivity contribution in [3.05, 3.63) is 71.6 Å². The van der Waals surface area contributed by atoms with Gasteiger partial charge in [-0.3, -0.25) is 19.5 Å². The monoisotopic (exact) mass is 393 g/mol. The maximum absolute atomic E-state index is 12.9. The van der Waals surface area contributed by atoms with Crippen LogP contribution in [-0.4, -0.2) is 71.0 Å². The molecule has 2 aliphatic rings. The van der Waals surface area contributed by atoms with Gasteiger partial charge in [0.05, 0.1) is 24.5 Å². The molecule has 0 spiro atoms. The van der Waals surface area contributed by atoms with Crippen molar-refractivity contribution in [3.63, 3.8) is 0 Å². The molecule has 1 atom stereocenters. The van der Waals surface area contributed by atoms with E-state index in [4.69, 9.17) is 4.74 Å². The van der Waals surface area contributed by atoms with Gasteiger partial charge in [0, 0.05) is 37.9 Å². The highest BCUT2D eigenvalue weighted by atomic mass is 16.5. The number of benzene rings is 1. The van der Waals surface area contributed by atoms with E-state index in [1.807, 2.05) is 12.1 Å². The molecule has 0 aliphatic carbocycles. The first-order chi connectivity index (χ1) is 14.2. The molecule has 150 valence electrons. The number of aliphatic hydroxyl groups is 1. The molecule has 3 heterocycles. The van der Waals surface area contributed by atoms with Gasteiger partial charge >= 0.3 is 0 Å². The van der Waals surface area contributed by atoms with Crippen LogP contribution in [0.3, 0.4) is 0 Å². The third-order valence-corrected chi connectivity index (χ3v) is 5.32. The Hall–Kier alpha value is -3.03. The fraction of sp³-hybridized carbons (Fsp3) is 0.318. The minimum absolute atomic E-state index is 0.0851. The Morgan fingerprint density at radius 2 is 1.76 bits per heavy atom. The molecule has 0 bridgehead atoms. The Morgan fingerprint density at radius 1 is 1.03 bits per heavy atom. The van der Waals surface area contributed by atoms with Crippen LogP contribution in [0.4, 0.5) is 0 Å². The maximum Gasteiger partial charge on any atom is 0.295 e. The summed E-state index contributed by atoms with van der Waals surface area (Å²) in [5, 5.41) is 10.9. The molecule has 0 unspecified atom stereocenters. The van der Waals surface area contributed by atoms with E-state index in [0.29, 0.717) is 37.6 Å². The van der Waals surface area contributed by atoms with Crippen LogP contribution in [0.5, 0.6) is 0 Å². The van der Waals surface area contributed by atoms with Crippen molar-refractivity contribution in [1.29, 1.82) is 0 Å². The normalized spacial score (nSPS) is 22.2. The molecule has 2 fully saturated rings. The molecule has 1 aromatic heterocycles. The smallest absolute Gasteiger partial charge is 0.295 e. The number of pyridine rings is 1. The van der Waals surface area contributed by atoms with Crippen molar-refractivity contribution in [3.8, 4) is 0 Å². The van der Waals surface area contributed by atoms with Crippen molar-refractivity contribution in [2.45, 2.75) is 6.04 Å². The molecule has 0 radical (unpaired) electrons. The highest BCUT2D eigenvalue weighted by molar-refractivity contribution is 6.46. The summed E-state index contributed by atoms with van der Waals surface area (Å²) in [4.78, 5) is 33.9. The molecular weight excluding hydrogens is 370 g/mol. The molecule has 0 saturated carbocycles. The number of morpholine rings is 1. The Kier molecular flexibility index (Phi) is 5.69. The number of Topliss-reactive ketones (excluding diaryl/α,β-unsaturated/α-hetero) is 1. The van der Waals surface area contributed by atoms with E-state index in [-0.39, 0.29) is 11.3 Å². The van der Waals surface area contributed by atoms with Gasteiger partial charge < -0.3 is 14.7 Å². The van der Waals surface area contributed by atoms with E-state index in [1.54, 1.807) is 42.6 Å². The summed E-state index contributed by atoms with van der Waals surface area (Å²) in [5.74, 6) is -1.45. The average molecular weight is 393 g/mol. The molecule has 7 heteroatoms. The van der Waals surface area contributed by atoms with Crippen LogP contribution in [0.1, 0.15) is 17.3 Å². The molecule has 7 nitrogen and oxygen atoms in total. The lowest BCUT2D eigenvalue weighted by Gasteiger charge is -2.30. The van der Waals surface area contributed by atoms with E-state index < -0.39 is 17.7 Å². The Labute approximate surface area is 169 Å². The average Bonchev–Trinajstić information content (AvgIpc) is 3.04. The second-order valence-electron chi connectivity index (χ2n) is 7.07. The zero-order valence-corrected chi connectivity index (χ0v) is 16.0. The molecule has 2 aliphatic heterocycles. The second kappa shape index (κ2) is 8.55. The third-order valence-electron chi connectivity index (χ3n) is 5.32. The van der Waals surface area contributed by atoms with Gasteiger partial charge in [0.25, 0.3) is 11.7 Å². The van der Waals surface area contributed by atoms with Crippen LogP contribution >= 0.6 is 0 Å². The van der Waals surface area contributed by atoms with Crippen LogP contribution < -0.4 is 0 Å². The van der Waals surface area contributed by atoms with E-state index in [2.05, 4.69) is 9.88 Å². The number of aromatic nitrogens is 1. The van der Waals surface area contributed by atoms with Crippen molar-refractivity contribution >= 4 is 17.4 Å². The third kappa shape index (κ3) is 3.92. The number of hydrogen-bond donors (Lipinski definition) is 1. The van der Waals surface area contributed by atoms with Crippen LogP contribution in [-0.2, 0) is 14.3 Å². The molecule has 2 saturated heterocycles. The summed E-state index contributed by atoms with van der Waals surface area (Å²) < 4.78 is 5.37. The minimum atomic E-state index is -0.711. The van der Waals surface area contributed by atoms with Gasteiger partial charge in [-0.15, -0.1) is 0 Å². The lowest BCUT2D eigenvalue weighted by molar-refractivity contribution is -0.140. The summed E-state index contributed by atoms with van der Waals surface area (Å²) in [6.07, 6.45) is 1.62. The van der Waals surface area contributed by atoms with Crippen LogP contribution in [0.15, 0.2) is 60.3 Å². The lowest BCUT2D eigenvalue weighted by atomic mass is 9.98. The van der Waals surface area contributed by atoms with Gasteiger partial charge in [-0.1, -0.05) is 36.4 Å². The van der Waals surface area contributed by atoms with Crippen LogP contribution in [0.2, 0.25) is 0 Å². The van der Waals surface area contributed by atoms with E-state index >= 15 is 0 Å². The SMILES string of the molecule is O=C1C(=O)N(CCN2CCOCC2)[C@H](c2ccccn2)/C1=C(\O)c1ccccc1. The number of amides is 1. The van der Waals surface area contributed by atoms with Crippen LogP contribution in [0.25, 0.3) is 5.76 Å². The number of rotatable bonds is 5. The van der Waals surface area contributed by atoms with Crippen molar-refractivity contribution in [2.75, 3.05) is 39.4 Å². The quantitative estimate of drug-likeness (QED) is 0.474. The van der Waals surface area contributed by atoms with Crippen LogP contribution in [0, 0.1) is 0 Å². The summed E-state index contributed by atoms with van der Waals surface area (Å²) in [6, 6.07) is 13.5. The van der Waals surface area contributed by atoms with Gasteiger partial charge in [-0.2, -0.15) is 0 Å². The molecule has 2 aromatic rings. The van der Waals surface area contributed by atoms with Crippen molar-refractivity contribution in [2.24, 2.45) is 0 Å². The lowest BCUT2D eigenvalue weighted by Crippen LogP contribution is -2.42. The Balaban J connectivity index is 1.70. The van der Waals surface area contributed by atoms with Crippen molar-refractivity contribution < 1.29 is 19.4 Å². The standard InChI is InChI=1S/C22H23N3O4/c26-20(16-6-2-1-3-7-16)18-19(17-8-4-5-9-23-17)25(22(28)21(18)27)11-10-24-12-14-29-15-13-24/h1-9,19,26H,10-15H2/b20-18+/t19-/m1/s1. The first kappa shape index (κ1) is 19.3. The Morgan fingerprint density at radius 3 is 2.45 bits per heavy atom. The first-order valence-corrected chi connectivity index (χ1v) is 9.71. The number of ketones is 1. The minimum Gasteiger partial charge on any atom is -0.507 e. The number of hydrogen-bond acceptors (Lipinski definition) is 6. The molecule has 4 rings (SSSR count). The van der Waals surface area contributed by atoms with Crippen molar-refractivity contribution in [1.82, 2.24) is 14.8 Å². The summed E-state index contributed by atoms with van der Waals surface area (Å²) in [7, 11) is 0. The Bertz CT molecular complexity index is 908. The van der Waals surface area contributed by atoms with Gasteiger partial charge in [-0.05, 0) is 12.1 Å². The van der Waals surface area contributed by atoms with Gasteiger partial charge in [-0.25, -0.2) is 0 Å². The van der Waals surface area contributed by atoms with Gasteiger partial charge in [0.2, 0.25) is 0 Å². The van der Waals surface area contributed by atoms with Gasteiger partial charge in [0.1, 0.15) is 11.8 Å². The predicted octanol–water partition coefficient (Wildman–Crippen LogP) is 1.84. The largest absolute Gasteiger partial charge is 0.507 e. The summed E-state index contributed by atoms with van der Waals surface area (Å²) >= 11 is 0. The number of aliphatic hydroxyl groups excluding tert-OH is 1. The number of ether oxygens (including phenoxy) is 1. The molecule has 1 N–H and O–H groups in total. The fourth-order valence-corrected chi connectivity index (χ4v) is 3.78. The van der Waals surface area contributed by atoms with E-state index in [1.165, 1.54) is 4.90 Å². The number of likely N-dealkylation sites (tertiary alicyclic amines) is 1. The first-order valence-electron chi connectivity index (χ1n) is 9.71. The number of carbonyl (C=O) groups excluding carboxylic acids is 2. The fourth-order valence-electron chi connectivity index (χ4n) is 3.78. The molecule has 1 amide bonds. The predicted molar refractivity (Wildman–Crippen MR) is 107 cm³/mol. The van der Waals surface area contributed by atoms with E-state index in [0.717, 1.165) is 13.1 Å². The maximum atomic E-state index is 12.9. The van der Waals surface area contributed by atoms with E-state index in [9.17, 15) is 14.7 Å². The molecular formula is C22H23N3O4. The topological polar surface area (TPSA) is 83.0 Å². The zero-order valence-electron chi connectivity index (χ0n) is 16.0. The molecule has 29 heavy (non-hydrogen) atoms.